The second-order valence-electron chi connectivity index (χ2n) is 4.31. The van der Waals surface area contributed by atoms with Gasteiger partial charge in [-0.25, -0.2) is 0 Å². The highest BCUT2D eigenvalue weighted by atomic mass is 32.2. The molecule has 8 heteroatoms. The first-order valence-electron chi connectivity index (χ1n) is 6.15. The Morgan fingerprint density at radius 2 is 1.91 bits per heavy atom. The molecule has 0 aromatic heterocycles. The molecule has 22 heavy (non-hydrogen) atoms. The number of carbonyl (C=O) groups excluding carboxylic acids is 1. The topological polar surface area (TPSA) is 76.1 Å². The van der Waals surface area contributed by atoms with Gasteiger partial charge in [0.25, 0.3) is 5.91 Å². The van der Waals surface area contributed by atoms with E-state index in [4.69, 9.17) is 26.8 Å². The molecule has 1 heterocycles. The molecule has 0 unspecified atom stereocenters. The maximum atomic E-state index is 12.2. The zero-order chi connectivity index (χ0) is 16.3. The van der Waals surface area contributed by atoms with Crippen LogP contribution in [0.5, 0.6) is 11.5 Å². The number of carboxylic acid groups (broad SMARTS) is 1. The molecule has 1 amide bonds. The second-order valence-corrected chi connectivity index (χ2v) is 5.98. The summed E-state index contributed by atoms with van der Waals surface area (Å²) in [6.45, 7) is -0.441. The number of carbonyl (C=O) groups is 2. The normalized spacial score (nSPS) is 16.3. The van der Waals surface area contributed by atoms with Crippen molar-refractivity contribution in [3.05, 3.63) is 28.7 Å². The third-order valence-electron chi connectivity index (χ3n) is 2.84. The molecule has 1 aliphatic heterocycles. The fourth-order valence-corrected chi connectivity index (χ4v) is 3.09. The van der Waals surface area contributed by atoms with Crippen molar-refractivity contribution in [2.45, 2.75) is 0 Å². The summed E-state index contributed by atoms with van der Waals surface area (Å²) in [7, 11) is 3.07. The number of hydrogen-bond donors (Lipinski definition) is 1. The lowest BCUT2D eigenvalue weighted by Crippen LogP contribution is -2.33. The quantitative estimate of drug-likeness (QED) is 0.649. The number of rotatable bonds is 5. The largest absolute Gasteiger partial charge is 0.497 e. The van der Waals surface area contributed by atoms with Gasteiger partial charge in [-0.05, 0) is 23.8 Å². The number of thiocarbonyl (C=S) groups is 1. The highest BCUT2D eigenvalue weighted by Crippen LogP contribution is 2.33. The zero-order valence-corrected chi connectivity index (χ0v) is 13.5. The monoisotopic (exact) mass is 339 g/mol. The summed E-state index contributed by atoms with van der Waals surface area (Å²) in [5, 5.41) is 8.81. The molecule has 0 atom stereocenters. The van der Waals surface area contributed by atoms with Gasteiger partial charge < -0.3 is 14.6 Å². The van der Waals surface area contributed by atoms with E-state index in [0.717, 1.165) is 16.7 Å². The molecule has 116 valence electrons. The Morgan fingerprint density at radius 1 is 1.32 bits per heavy atom. The van der Waals surface area contributed by atoms with Gasteiger partial charge in [0.05, 0.1) is 19.1 Å². The minimum Gasteiger partial charge on any atom is -0.497 e. The van der Waals surface area contributed by atoms with Gasteiger partial charge in [0.2, 0.25) is 0 Å². The minimum absolute atomic E-state index is 0.230. The molecule has 1 aromatic rings. The van der Waals surface area contributed by atoms with Crippen LogP contribution in [0.25, 0.3) is 6.08 Å². The third-order valence-corrected chi connectivity index (χ3v) is 4.22. The van der Waals surface area contributed by atoms with Crippen LogP contribution < -0.4 is 9.47 Å². The molecule has 0 radical (unpaired) electrons. The summed E-state index contributed by atoms with van der Waals surface area (Å²) in [5.74, 6) is -0.349. The lowest BCUT2D eigenvalue weighted by molar-refractivity contribution is -0.140. The highest BCUT2D eigenvalue weighted by molar-refractivity contribution is 8.26. The lowest BCUT2D eigenvalue weighted by Gasteiger charge is -2.10. The summed E-state index contributed by atoms with van der Waals surface area (Å²) in [6, 6.07) is 5.20. The van der Waals surface area contributed by atoms with E-state index in [2.05, 4.69) is 0 Å². The number of aliphatic carboxylic acids is 1. The fraction of sp³-hybridized carbons (Fsp3) is 0.214. The number of benzene rings is 1. The zero-order valence-electron chi connectivity index (χ0n) is 11.9. The average molecular weight is 339 g/mol. The predicted molar refractivity (Wildman–Crippen MR) is 87.1 cm³/mol. The molecular formula is C14H13NO5S2. The lowest BCUT2D eigenvalue weighted by atomic mass is 10.2. The summed E-state index contributed by atoms with van der Waals surface area (Å²) in [4.78, 5) is 24.4. The Kier molecular flexibility index (Phi) is 5.04. The van der Waals surface area contributed by atoms with Crippen molar-refractivity contribution in [3.8, 4) is 11.5 Å². The van der Waals surface area contributed by atoms with Crippen molar-refractivity contribution >= 4 is 46.3 Å². The molecule has 2 rings (SSSR count). The molecule has 1 aliphatic rings. The van der Waals surface area contributed by atoms with E-state index < -0.39 is 18.4 Å². The number of thioether (sulfide) groups is 1. The van der Waals surface area contributed by atoms with Gasteiger partial charge in [0.1, 0.15) is 22.4 Å². The first-order chi connectivity index (χ1) is 10.4. The Bertz CT molecular complexity index is 649. The van der Waals surface area contributed by atoms with Crippen molar-refractivity contribution in [2.24, 2.45) is 0 Å². The van der Waals surface area contributed by atoms with E-state index in [1.165, 1.54) is 14.2 Å². The average Bonchev–Trinajstić information content (AvgIpc) is 2.74. The molecule has 1 fully saturated rings. The molecular weight excluding hydrogens is 326 g/mol. The van der Waals surface area contributed by atoms with Gasteiger partial charge >= 0.3 is 5.97 Å². The summed E-state index contributed by atoms with van der Waals surface area (Å²) in [5.41, 5.74) is 0.701. The molecule has 1 aromatic carbocycles. The van der Waals surface area contributed by atoms with Crippen molar-refractivity contribution in [1.29, 1.82) is 0 Å². The van der Waals surface area contributed by atoms with Crippen molar-refractivity contribution in [1.82, 2.24) is 4.90 Å². The summed E-state index contributed by atoms with van der Waals surface area (Å²) in [6.07, 6.45) is 1.63. The Balaban J connectivity index is 2.32. The van der Waals surface area contributed by atoms with E-state index in [-0.39, 0.29) is 4.32 Å². The number of ether oxygens (including phenoxy) is 2. The van der Waals surface area contributed by atoms with Crippen LogP contribution in [0.1, 0.15) is 5.56 Å². The smallest absolute Gasteiger partial charge is 0.323 e. The maximum Gasteiger partial charge on any atom is 0.323 e. The van der Waals surface area contributed by atoms with Crippen LogP contribution in [-0.4, -0.2) is 47.0 Å². The Morgan fingerprint density at radius 3 is 2.41 bits per heavy atom. The molecule has 0 saturated carbocycles. The van der Waals surface area contributed by atoms with E-state index in [9.17, 15) is 9.59 Å². The van der Waals surface area contributed by atoms with E-state index in [1.807, 2.05) is 0 Å². The van der Waals surface area contributed by atoms with Gasteiger partial charge in [0, 0.05) is 6.07 Å². The van der Waals surface area contributed by atoms with Gasteiger partial charge in [-0.1, -0.05) is 24.0 Å². The van der Waals surface area contributed by atoms with Gasteiger partial charge in [-0.2, -0.15) is 0 Å². The maximum absolute atomic E-state index is 12.2. The minimum atomic E-state index is -1.11. The predicted octanol–water partition coefficient (Wildman–Crippen LogP) is 1.99. The van der Waals surface area contributed by atoms with E-state index >= 15 is 0 Å². The summed E-state index contributed by atoms with van der Waals surface area (Å²) >= 11 is 6.11. The number of hydrogen-bond acceptors (Lipinski definition) is 6. The molecule has 6 nitrogen and oxygen atoms in total. The van der Waals surface area contributed by atoms with Crippen LogP contribution >= 0.6 is 24.0 Å². The van der Waals surface area contributed by atoms with Gasteiger partial charge in [-0.15, -0.1) is 0 Å². The van der Waals surface area contributed by atoms with Crippen LogP contribution in [0, 0.1) is 0 Å². The van der Waals surface area contributed by atoms with E-state index in [1.54, 1.807) is 24.3 Å². The fourth-order valence-electron chi connectivity index (χ4n) is 1.84. The number of amides is 1. The SMILES string of the molecule is COc1cc(/C=C2/SC(=S)N(CC(=O)O)C2=O)cc(OC)c1. The van der Waals surface area contributed by atoms with Crippen LogP contribution in [0.3, 0.4) is 0 Å². The van der Waals surface area contributed by atoms with Crippen LogP contribution in [0.2, 0.25) is 0 Å². The third kappa shape index (κ3) is 3.58. The van der Waals surface area contributed by atoms with Crippen LogP contribution in [0.15, 0.2) is 23.1 Å². The summed E-state index contributed by atoms with van der Waals surface area (Å²) < 4.78 is 10.6. The molecule has 1 N–H and O–H groups in total. The highest BCUT2D eigenvalue weighted by Gasteiger charge is 2.33. The van der Waals surface area contributed by atoms with Gasteiger partial charge in [0.15, 0.2) is 0 Å². The Labute approximate surface area is 136 Å². The van der Waals surface area contributed by atoms with Crippen molar-refractivity contribution in [2.75, 3.05) is 20.8 Å². The Hall–Kier alpha value is -2.06. The molecule has 0 aliphatic carbocycles. The first-order valence-corrected chi connectivity index (χ1v) is 7.37. The second kappa shape index (κ2) is 6.80. The molecule has 1 saturated heterocycles. The van der Waals surface area contributed by atoms with Crippen LogP contribution in [0.4, 0.5) is 0 Å². The van der Waals surface area contributed by atoms with Crippen LogP contribution in [-0.2, 0) is 9.59 Å². The number of nitrogens with zero attached hydrogens (tertiary/aromatic N) is 1. The first kappa shape index (κ1) is 16.3. The van der Waals surface area contributed by atoms with Crippen molar-refractivity contribution < 1.29 is 24.2 Å². The molecule has 0 spiro atoms. The van der Waals surface area contributed by atoms with Gasteiger partial charge in [-0.3, -0.25) is 14.5 Å². The van der Waals surface area contributed by atoms with Crippen molar-refractivity contribution in [3.63, 3.8) is 0 Å². The van der Waals surface area contributed by atoms with E-state index in [0.29, 0.717) is 22.0 Å². The number of carboxylic acids is 1. The standard InChI is InChI=1S/C14H13NO5S2/c1-19-9-3-8(4-10(6-9)20-2)5-11-13(18)15(7-12(16)17)14(21)22-11/h3-6H,7H2,1-2H3,(H,16,17)/b11-5+. The number of methoxy groups -OCH3 is 2. The molecule has 0 bridgehead atoms.